The van der Waals surface area contributed by atoms with Gasteiger partial charge < -0.3 is 10.4 Å². The zero-order valence-electron chi connectivity index (χ0n) is 11.8. The molecule has 0 aliphatic heterocycles. The van der Waals surface area contributed by atoms with Crippen molar-refractivity contribution in [3.8, 4) is 0 Å². The van der Waals surface area contributed by atoms with E-state index in [9.17, 15) is 9.90 Å². The molecule has 2 N–H and O–H groups in total. The Kier molecular flexibility index (Phi) is 4.96. The maximum absolute atomic E-state index is 12.5. The first-order valence-corrected chi connectivity index (χ1v) is 8.77. The van der Waals surface area contributed by atoms with Crippen molar-refractivity contribution < 1.29 is 9.90 Å². The van der Waals surface area contributed by atoms with Gasteiger partial charge in [-0.1, -0.05) is 23.7 Å². The maximum atomic E-state index is 12.5. The molecule has 23 heavy (non-hydrogen) atoms. The maximum Gasteiger partial charge on any atom is 0.261 e. The van der Waals surface area contributed by atoms with Gasteiger partial charge >= 0.3 is 0 Å². The number of hydrogen-bond acceptors (Lipinski definition) is 4. The number of carbonyl (C=O) groups is 1. The number of aliphatic hydroxyl groups is 1. The molecule has 0 spiro atoms. The van der Waals surface area contributed by atoms with Gasteiger partial charge in [-0.05, 0) is 39.7 Å². The first kappa shape index (κ1) is 16.4. The zero-order valence-corrected chi connectivity index (χ0v) is 15.0. The van der Waals surface area contributed by atoms with E-state index in [0.717, 1.165) is 20.1 Å². The fourth-order valence-electron chi connectivity index (χ4n) is 2.23. The molecule has 1 atom stereocenters. The van der Waals surface area contributed by atoms with E-state index in [1.165, 1.54) is 11.3 Å². The molecule has 4 nitrogen and oxygen atoms in total. The lowest BCUT2D eigenvalue weighted by Gasteiger charge is -2.16. The van der Waals surface area contributed by atoms with Crippen LogP contribution < -0.4 is 5.32 Å². The Bertz CT molecular complexity index is 868. The van der Waals surface area contributed by atoms with Gasteiger partial charge in [0.15, 0.2) is 0 Å². The minimum Gasteiger partial charge on any atom is -0.394 e. The van der Waals surface area contributed by atoms with Gasteiger partial charge in [0.2, 0.25) is 0 Å². The SMILES string of the molecule is O=C(N[C@H](CO)c1cccc(Cl)c1)c1cc2c(Br)cncc2s1. The Hall–Kier alpha value is -1.47. The van der Waals surface area contributed by atoms with Crippen molar-refractivity contribution in [1.29, 1.82) is 0 Å². The van der Waals surface area contributed by atoms with Crippen molar-refractivity contribution in [2.45, 2.75) is 6.04 Å². The summed E-state index contributed by atoms with van der Waals surface area (Å²) < 4.78 is 1.77. The number of pyridine rings is 1. The van der Waals surface area contributed by atoms with Crippen LogP contribution in [0.4, 0.5) is 0 Å². The van der Waals surface area contributed by atoms with Gasteiger partial charge in [-0.3, -0.25) is 9.78 Å². The van der Waals surface area contributed by atoms with Crippen molar-refractivity contribution in [3.05, 3.63) is 62.7 Å². The highest BCUT2D eigenvalue weighted by Gasteiger charge is 2.17. The third-order valence-electron chi connectivity index (χ3n) is 3.36. The van der Waals surface area contributed by atoms with E-state index in [2.05, 4.69) is 26.2 Å². The van der Waals surface area contributed by atoms with Gasteiger partial charge in [-0.15, -0.1) is 11.3 Å². The van der Waals surface area contributed by atoms with E-state index in [1.807, 2.05) is 12.1 Å². The summed E-state index contributed by atoms with van der Waals surface area (Å²) in [4.78, 5) is 17.1. The molecule has 0 aliphatic rings. The van der Waals surface area contributed by atoms with Crippen LogP contribution in [0.3, 0.4) is 0 Å². The molecular formula is C16H12BrClN2O2S. The number of aliphatic hydroxyl groups excluding tert-OH is 1. The van der Waals surface area contributed by atoms with Gasteiger partial charge in [0.05, 0.1) is 22.2 Å². The summed E-state index contributed by atoms with van der Waals surface area (Å²) in [6, 6.07) is 8.39. The molecule has 0 bridgehead atoms. The molecule has 118 valence electrons. The average molecular weight is 412 g/mol. The number of hydrogen-bond donors (Lipinski definition) is 2. The van der Waals surface area contributed by atoms with Crippen LogP contribution in [0, 0.1) is 0 Å². The number of aromatic nitrogens is 1. The molecule has 0 saturated heterocycles. The monoisotopic (exact) mass is 410 g/mol. The highest BCUT2D eigenvalue weighted by Crippen LogP contribution is 2.30. The number of nitrogens with one attached hydrogen (secondary N) is 1. The second-order valence-corrected chi connectivity index (χ2v) is 7.28. The number of amides is 1. The van der Waals surface area contributed by atoms with E-state index in [1.54, 1.807) is 30.6 Å². The number of rotatable bonds is 4. The van der Waals surface area contributed by atoms with Crippen LogP contribution in [0.15, 0.2) is 47.2 Å². The number of benzene rings is 1. The third-order valence-corrected chi connectivity index (χ3v) is 5.30. The Morgan fingerprint density at radius 3 is 2.91 bits per heavy atom. The number of fused-ring (bicyclic) bond motifs is 1. The van der Waals surface area contributed by atoms with Crippen LogP contribution in [-0.4, -0.2) is 22.6 Å². The first-order valence-electron chi connectivity index (χ1n) is 6.78. The topological polar surface area (TPSA) is 62.2 Å². The zero-order chi connectivity index (χ0) is 16.4. The molecule has 0 aliphatic carbocycles. The van der Waals surface area contributed by atoms with Crippen molar-refractivity contribution in [2.75, 3.05) is 6.61 Å². The Morgan fingerprint density at radius 1 is 1.39 bits per heavy atom. The molecule has 0 radical (unpaired) electrons. The number of carbonyl (C=O) groups excluding carboxylic acids is 1. The lowest BCUT2D eigenvalue weighted by Crippen LogP contribution is -2.30. The predicted octanol–water partition coefficient (Wildman–Crippen LogP) is 4.18. The van der Waals surface area contributed by atoms with Crippen molar-refractivity contribution in [3.63, 3.8) is 0 Å². The van der Waals surface area contributed by atoms with E-state index < -0.39 is 6.04 Å². The van der Waals surface area contributed by atoms with Crippen LogP contribution in [-0.2, 0) is 0 Å². The summed E-state index contributed by atoms with van der Waals surface area (Å²) in [5, 5.41) is 13.9. The number of halogens is 2. The summed E-state index contributed by atoms with van der Waals surface area (Å²) in [7, 11) is 0. The van der Waals surface area contributed by atoms with Crippen LogP contribution in [0.2, 0.25) is 5.02 Å². The minimum absolute atomic E-state index is 0.206. The van der Waals surface area contributed by atoms with E-state index >= 15 is 0 Å². The van der Waals surface area contributed by atoms with Crippen molar-refractivity contribution >= 4 is 54.9 Å². The Labute approximate surface area is 150 Å². The molecule has 7 heteroatoms. The largest absolute Gasteiger partial charge is 0.394 e. The van der Waals surface area contributed by atoms with E-state index in [-0.39, 0.29) is 12.5 Å². The lowest BCUT2D eigenvalue weighted by molar-refractivity contribution is 0.0920. The average Bonchev–Trinajstić information content (AvgIpc) is 2.98. The summed E-state index contributed by atoms with van der Waals surface area (Å²) in [6.45, 7) is -0.206. The fraction of sp³-hybridized carbons (Fsp3) is 0.125. The molecular weight excluding hydrogens is 400 g/mol. The summed E-state index contributed by atoms with van der Waals surface area (Å²) in [5.74, 6) is -0.239. The van der Waals surface area contributed by atoms with Crippen molar-refractivity contribution in [1.82, 2.24) is 10.3 Å². The van der Waals surface area contributed by atoms with Gasteiger partial charge in [0.1, 0.15) is 0 Å². The lowest BCUT2D eigenvalue weighted by atomic mass is 10.1. The van der Waals surface area contributed by atoms with Crippen LogP contribution in [0.5, 0.6) is 0 Å². The molecule has 0 unspecified atom stereocenters. The smallest absolute Gasteiger partial charge is 0.261 e. The standard InChI is InChI=1S/C16H12BrClN2O2S/c17-12-6-19-7-15-11(12)5-14(23-15)16(22)20-13(8-21)9-2-1-3-10(18)4-9/h1-7,13,21H,8H2,(H,20,22)/t13-/m1/s1. The predicted molar refractivity (Wildman–Crippen MR) is 96.1 cm³/mol. The summed E-state index contributed by atoms with van der Waals surface area (Å²) >= 11 is 10.8. The number of thiophene rings is 1. The fourth-order valence-corrected chi connectivity index (χ4v) is 3.96. The Balaban J connectivity index is 1.85. The van der Waals surface area contributed by atoms with Gasteiger partial charge in [0.25, 0.3) is 5.91 Å². The van der Waals surface area contributed by atoms with E-state index in [0.29, 0.717) is 9.90 Å². The quantitative estimate of drug-likeness (QED) is 0.677. The second-order valence-electron chi connectivity index (χ2n) is 4.91. The second kappa shape index (κ2) is 6.97. The van der Waals surface area contributed by atoms with E-state index in [4.69, 9.17) is 11.6 Å². The van der Waals surface area contributed by atoms with Gasteiger partial charge in [0, 0.05) is 27.3 Å². The third kappa shape index (κ3) is 3.55. The van der Waals surface area contributed by atoms with Gasteiger partial charge in [-0.25, -0.2) is 0 Å². The summed E-state index contributed by atoms with van der Waals surface area (Å²) in [5.41, 5.74) is 0.761. The highest BCUT2D eigenvalue weighted by atomic mass is 79.9. The molecule has 1 amide bonds. The molecule has 0 fully saturated rings. The first-order chi connectivity index (χ1) is 11.1. The van der Waals surface area contributed by atoms with Gasteiger partial charge in [-0.2, -0.15) is 0 Å². The molecule has 1 aromatic carbocycles. The normalized spacial score (nSPS) is 12.3. The highest BCUT2D eigenvalue weighted by molar-refractivity contribution is 9.10. The minimum atomic E-state index is -0.507. The molecule has 0 saturated carbocycles. The number of nitrogens with zero attached hydrogens (tertiary/aromatic N) is 1. The van der Waals surface area contributed by atoms with Crippen molar-refractivity contribution in [2.24, 2.45) is 0 Å². The molecule has 2 heterocycles. The Morgan fingerprint density at radius 2 is 2.22 bits per heavy atom. The van der Waals surface area contributed by atoms with Crippen LogP contribution in [0.1, 0.15) is 21.3 Å². The van der Waals surface area contributed by atoms with Crippen LogP contribution >= 0.6 is 38.9 Å². The van der Waals surface area contributed by atoms with Crippen LogP contribution in [0.25, 0.3) is 10.1 Å². The molecule has 3 rings (SSSR count). The molecule has 3 aromatic rings. The molecule has 2 aromatic heterocycles. The summed E-state index contributed by atoms with van der Waals surface area (Å²) in [6.07, 6.45) is 3.42.